The summed E-state index contributed by atoms with van der Waals surface area (Å²) in [5, 5.41) is 6.84. The zero-order chi connectivity index (χ0) is 21.8. The summed E-state index contributed by atoms with van der Waals surface area (Å²) < 4.78 is 55.2. The van der Waals surface area contributed by atoms with Gasteiger partial charge >= 0.3 is 6.18 Å². The summed E-state index contributed by atoms with van der Waals surface area (Å²) in [5.41, 5.74) is 0.0662. The molecular weight excluding hydrogens is 414 g/mol. The van der Waals surface area contributed by atoms with Gasteiger partial charge in [0.2, 0.25) is 11.9 Å². The first kappa shape index (κ1) is 20.3. The first-order valence-corrected chi connectivity index (χ1v) is 10.6. The van der Waals surface area contributed by atoms with Gasteiger partial charge in [0, 0.05) is 19.1 Å². The van der Waals surface area contributed by atoms with Gasteiger partial charge in [0.25, 0.3) is 0 Å². The Hall–Kier alpha value is -2.65. The fourth-order valence-electron chi connectivity index (χ4n) is 5.07. The zero-order valence-corrected chi connectivity index (χ0v) is 16.8. The Labute approximate surface area is 176 Å². The number of benzene rings is 1. The van der Waals surface area contributed by atoms with E-state index in [1.54, 1.807) is 17.0 Å². The van der Waals surface area contributed by atoms with E-state index in [9.17, 15) is 22.4 Å². The van der Waals surface area contributed by atoms with Gasteiger partial charge in [-0.15, -0.1) is 0 Å². The molecule has 1 N–H and O–H groups in total. The van der Waals surface area contributed by atoms with Crippen LogP contribution in [-0.4, -0.2) is 50.9 Å². The van der Waals surface area contributed by atoms with Crippen molar-refractivity contribution in [2.24, 2.45) is 5.92 Å². The standard InChI is InChI=1S/C21H23F4N5O/c22-15-3-1-2-14(10-15)20(6-7-20)18(31)29-8-4-13(5-9-29)16-11-17(21(23,24)25)30-19(28-16)26-12-27-30/h1-3,10,12-13,16-17H,4-9,11H2,(H,26,27,28)/t16-,17+/m0/s1. The van der Waals surface area contributed by atoms with Crippen molar-refractivity contribution in [3.05, 3.63) is 42.0 Å². The summed E-state index contributed by atoms with van der Waals surface area (Å²) in [7, 11) is 0. The number of aromatic nitrogens is 3. The number of alkyl halides is 3. The number of hydrogen-bond acceptors (Lipinski definition) is 4. The molecule has 3 heterocycles. The maximum Gasteiger partial charge on any atom is 0.411 e. The molecule has 1 amide bonds. The fourth-order valence-corrected chi connectivity index (χ4v) is 5.07. The van der Waals surface area contributed by atoms with Crippen LogP contribution in [0.3, 0.4) is 0 Å². The third kappa shape index (κ3) is 3.55. The van der Waals surface area contributed by atoms with Gasteiger partial charge in [-0.2, -0.15) is 23.3 Å². The van der Waals surface area contributed by atoms with Gasteiger partial charge in [-0.1, -0.05) is 12.1 Å². The monoisotopic (exact) mass is 437 g/mol. The molecule has 1 aliphatic carbocycles. The third-order valence-corrected chi connectivity index (χ3v) is 6.97. The van der Waals surface area contributed by atoms with Crippen molar-refractivity contribution in [1.29, 1.82) is 0 Å². The Morgan fingerprint density at radius 3 is 2.58 bits per heavy atom. The highest BCUT2D eigenvalue weighted by Gasteiger charge is 2.54. The van der Waals surface area contributed by atoms with Crippen LogP contribution in [0.2, 0.25) is 0 Å². The molecule has 166 valence electrons. The average molecular weight is 437 g/mol. The molecule has 1 saturated heterocycles. The van der Waals surface area contributed by atoms with Crippen LogP contribution in [0.15, 0.2) is 30.6 Å². The molecule has 1 aromatic carbocycles. The summed E-state index contributed by atoms with van der Waals surface area (Å²) in [6.45, 7) is 0.976. The summed E-state index contributed by atoms with van der Waals surface area (Å²) in [6, 6.07) is 4.13. The van der Waals surface area contributed by atoms with Gasteiger partial charge in [-0.05, 0) is 55.7 Å². The Kier molecular flexibility index (Phi) is 4.71. The number of fused-ring (bicyclic) bond motifs is 1. The smallest absolute Gasteiger partial charge is 0.351 e. The molecule has 2 fully saturated rings. The summed E-state index contributed by atoms with van der Waals surface area (Å²) in [5.74, 6) is -0.212. The highest BCUT2D eigenvalue weighted by Crippen LogP contribution is 2.50. The lowest BCUT2D eigenvalue weighted by Gasteiger charge is -2.41. The summed E-state index contributed by atoms with van der Waals surface area (Å²) in [6.07, 6.45) is -0.756. The van der Waals surface area contributed by atoms with Crippen LogP contribution in [0.5, 0.6) is 0 Å². The normalized spacial score (nSPS) is 25.6. The molecule has 2 atom stereocenters. The molecule has 6 nitrogen and oxygen atoms in total. The molecule has 5 rings (SSSR count). The number of halogens is 4. The number of anilines is 1. The Balaban J connectivity index is 1.26. The minimum absolute atomic E-state index is 0.000986. The Morgan fingerprint density at radius 1 is 1.19 bits per heavy atom. The molecular formula is C21H23F4N5O. The molecule has 10 heteroatoms. The van der Waals surface area contributed by atoms with E-state index in [0.717, 1.165) is 11.0 Å². The minimum atomic E-state index is -4.40. The molecule has 1 aromatic heterocycles. The molecule has 0 spiro atoms. The third-order valence-electron chi connectivity index (χ3n) is 6.97. The highest BCUT2D eigenvalue weighted by atomic mass is 19.4. The lowest BCUT2D eigenvalue weighted by atomic mass is 9.84. The van der Waals surface area contributed by atoms with Gasteiger partial charge in [0.15, 0.2) is 6.04 Å². The van der Waals surface area contributed by atoms with Crippen LogP contribution < -0.4 is 5.32 Å². The molecule has 2 aromatic rings. The summed E-state index contributed by atoms with van der Waals surface area (Å²) >= 11 is 0. The second-order valence-electron chi connectivity index (χ2n) is 8.79. The van der Waals surface area contributed by atoms with E-state index in [-0.39, 0.29) is 36.1 Å². The van der Waals surface area contributed by atoms with Gasteiger partial charge in [0.1, 0.15) is 12.1 Å². The molecule has 0 unspecified atom stereocenters. The van der Waals surface area contributed by atoms with E-state index < -0.39 is 17.6 Å². The number of rotatable bonds is 3. The number of carbonyl (C=O) groups excluding carboxylic acids is 1. The average Bonchev–Trinajstić information content (AvgIpc) is 3.42. The number of hydrogen-bond donors (Lipinski definition) is 1. The van der Waals surface area contributed by atoms with Crippen molar-refractivity contribution < 1.29 is 22.4 Å². The number of amides is 1. The van der Waals surface area contributed by atoms with Crippen molar-refractivity contribution in [2.45, 2.75) is 55.8 Å². The molecule has 3 aliphatic rings. The summed E-state index contributed by atoms with van der Waals surface area (Å²) in [4.78, 5) is 18.9. The van der Waals surface area contributed by atoms with Crippen molar-refractivity contribution in [1.82, 2.24) is 19.7 Å². The minimum Gasteiger partial charge on any atom is -0.351 e. The van der Waals surface area contributed by atoms with Crippen LogP contribution in [0, 0.1) is 11.7 Å². The lowest BCUT2D eigenvalue weighted by molar-refractivity contribution is -0.174. The maximum absolute atomic E-state index is 13.7. The van der Waals surface area contributed by atoms with E-state index in [1.165, 1.54) is 12.1 Å². The van der Waals surface area contributed by atoms with Gasteiger partial charge in [0.05, 0.1) is 5.41 Å². The lowest BCUT2D eigenvalue weighted by Crippen LogP contribution is -2.49. The van der Waals surface area contributed by atoms with Crippen LogP contribution >= 0.6 is 0 Å². The second kappa shape index (κ2) is 7.20. The Morgan fingerprint density at radius 2 is 1.94 bits per heavy atom. The van der Waals surface area contributed by atoms with Gasteiger partial charge in [-0.25, -0.2) is 9.07 Å². The van der Waals surface area contributed by atoms with Gasteiger partial charge in [-0.3, -0.25) is 4.79 Å². The van der Waals surface area contributed by atoms with Crippen molar-refractivity contribution in [3.8, 4) is 0 Å². The van der Waals surface area contributed by atoms with Crippen LogP contribution in [-0.2, 0) is 10.2 Å². The first-order chi connectivity index (χ1) is 14.8. The number of nitrogens with zero attached hydrogens (tertiary/aromatic N) is 4. The SMILES string of the molecule is O=C(N1CCC([C@@H]2C[C@H](C(F)(F)F)n3ncnc3N2)CC1)C1(c2cccc(F)c2)CC1. The second-order valence-corrected chi connectivity index (χ2v) is 8.79. The molecule has 2 aliphatic heterocycles. The number of carbonyl (C=O) groups is 1. The van der Waals surface area contributed by atoms with Crippen LogP contribution in [0.25, 0.3) is 0 Å². The van der Waals surface area contributed by atoms with Crippen molar-refractivity contribution in [2.75, 3.05) is 18.4 Å². The predicted molar refractivity (Wildman–Crippen MR) is 104 cm³/mol. The zero-order valence-electron chi connectivity index (χ0n) is 16.8. The number of piperidine rings is 1. The van der Waals surface area contributed by atoms with E-state index in [0.29, 0.717) is 44.3 Å². The number of likely N-dealkylation sites (tertiary alicyclic amines) is 1. The Bertz CT molecular complexity index is 978. The fraction of sp³-hybridized carbons (Fsp3) is 0.571. The largest absolute Gasteiger partial charge is 0.411 e. The van der Waals surface area contributed by atoms with E-state index in [1.807, 2.05) is 0 Å². The quantitative estimate of drug-likeness (QED) is 0.745. The van der Waals surface area contributed by atoms with Crippen LogP contribution in [0.4, 0.5) is 23.5 Å². The molecule has 1 saturated carbocycles. The van der Waals surface area contributed by atoms with E-state index in [2.05, 4.69) is 15.4 Å². The molecule has 31 heavy (non-hydrogen) atoms. The topological polar surface area (TPSA) is 63.1 Å². The van der Waals surface area contributed by atoms with E-state index in [4.69, 9.17) is 0 Å². The van der Waals surface area contributed by atoms with Crippen molar-refractivity contribution in [3.63, 3.8) is 0 Å². The molecule has 0 bridgehead atoms. The maximum atomic E-state index is 13.7. The highest BCUT2D eigenvalue weighted by molar-refractivity contribution is 5.91. The number of nitrogens with one attached hydrogen (secondary N) is 1. The van der Waals surface area contributed by atoms with Crippen molar-refractivity contribution >= 4 is 11.9 Å². The van der Waals surface area contributed by atoms with Gasteiger partial charge < -0.3 is 10.2 Å². The predicted octanol–water partition coefficient (Wildman–Crippen LogP) is 3.68. The first-order valence-electron chi connectivity index (χ1n) is 10.6. The van der Waals surface area contributed by atoms with E-state index >= 15 is 0 Å². The van der Waals surface area contributed by atoms with Crippen LogP contribution in [0.1, 0.15) is 43.7 Å². The molecule has 0 radical (unpaired) electrons.